The lowest BCUT2D eigenvalue weighted by atomic mass is 10.0. The number of carbonyl (C=O) groups is 1. The van der Waals surface area contributed by atoms with E-state index in [0.717, 1.165) is 34.0 Å². The number of hydrogen-bond donors (Lipinski definition) is 2. The Labute approximate surface area is 198 Å². The Hall–Kier alpha value is -3.51. The second-order valence-electron chi connectivity index (χ2n) is 7.98. The number of nitrogens with one attached hydrogen (secondary N) is 2. The predicted molar refractivity (Wildman–Crippen MR) is 136 cm³/mol. The van der Waals surface area contributed by atoms with Crippen LogP contribution in [-0.4, -0.2) is 28.2 Å². The predicted octanol–water partition coefficient (Wildman–Crippen LogP) is 6.49. The van der Waals surface area contributed by atoms with E-state index in [1.54, 1.807) is 7.11 Å². The summed E-state index contributed by atoms with van der Waals surface area (Å²) in [5.41, 5.74) is 7.06. The second kappa shape index (κ2) is 9.96. The fourth-order valence-corrected chi connectivity index (χ4v) is 4.20. The molecule has 0 bridgehead atoms. The van der Waals surface area contributed by atoms with E-state index in [4.69, 9.17) is 9.72 Å². The number of methoxy groups -OCH3 is 1. The van der Waals surface area contributed by atoms with Crippen molar-refractivity contribution >= 4 is 23.4 Å². The smallest absolute Gasteiger partial charge is 0.237 e. The Bertz CT molecular complexity index is 1170. The molecule has 0 saturated heterocycles. The number of aryl methyl sites for hydroxylation is 2. The van der Waals surface area contributed by atoms with Crippen molar-refractivity contribution < 1.29 is 9.53 Å². The number of rotatable bonds is 7. The molecule has 168 valence electrons. The van der Waals surface area contributed by atoms with Gasteiger partial charge >= 0.3 is 0 Å². The molecule has 33 heavy (non-hydrogen) atoms. The van der Waals surface area contributed by atoms with Gasteiger partial charge in [0.1, 0.15) is 5.75 Å². The van der Waals surface area contributed by atoms with Gasteiger partial charge in [-0.2, -0.15) is 0 Å². The molecule has 0 spiro atoms. The summed E-state index contributed by atoms with van der Waals surface area (Å²) in [4.78, 5) is 21.1. The Balaban J connectivity index is 1.57. The van der Waals surface area contributed by atoms with Crippen molar-refractivity contribution in [3.63, 3.8) is 0 Å². The van der Waals surface area contributed by atoms with E-state index in [0.29, 0.717) is 5.16 Å². The van der Waals surface area contributed by atoms with Gasteiger partial charge in [0.25, 0.3) is 0 Å². The summed E-state index contributed by atoms with van der Waals surface area (Å²) in [5, 5.41) is 3.32. The maximum Gasteiger partial charge on any atom is 0.237 e. The van der Waals surface area contributed by atoms with Crippen molar-refractivity contribution in [1.82, 2.24) is 9.97 Å². The van der Waals surface area contributed by atoms with Gasteiger partial charge in [-0.15, -0.1) is 0 Å². The van der Waals surface area contributed by atoms with Crippen LogP contribution in [0.25, 0.3) is 22.5 Å². The Morgan fingerprint density at radius 2 is 1.48 bits per heavy atom. The third kappa shape index (κ3) is 5.46. The van der Waals surface area contributed by atoms with Gasteiger partial charge in [0.05, 0.1) is 23.7 Å². The number of ether oxygens (including phenoxy) is 1. The molecule has 3 aromatic carbocycles. The first-order chi connectivity index (χ1) is 15.9. The maximum absolute atomic E-state index is 12.8. The van der Waals surface area contributed by atoms with E-state index >= 15 is 0 Å². The summed E-state index contributed by atoms with van der Waals surface area (Å²) in [6, 6.07) is 24.0. The van der Waals surface area contributed by atoms with E-state index in [1.165, 1.54) is 22.9 Å². The maximum atomic E-state index is 12.8. The monoisotopic (exact) mass is 457 g/mol. The first kappa shape index (κ1) is 22.7. The molecule has 0 aliphatic carbocycles. The van der Waals surface area contributed by atoms with Gasteiger partial charge in [-0.1, -0.05) is 71.4 Å². The van der Waals surface area contributed by atoms with Gasteiger partial charge in [-0.3, -0.25) is 4.79 Å². The minimum absolute atomic E-state index is 0.0876. The van der Waals surface area contributed by atoms with E-state index in [1.807, 2.05) is 31.2 Å². The van der Waals surface area contributed by atoms with Crippen molar-refractivity contribution in [2.75, 3.05) is 12.4 Å². The molecule has 1 atom stereocenters. The summed E-state index contributed by atoms with van der Waals surface area (Å²) in [6.07, 6.45) is 0. The summed E-state index contributed by atoms with van der Waals surface area (Å²) < 4.78 is 5.17. The van der Waals surface area contributed by atoms with Crippen molar-refractivity contribution in [3.05, 3.63) is 83.9 Å². The van der Waals surface area contributed by atoms with Crippen molar-refractivity contribution in [1.29, 1.82) is 0 Å². The number of nitrogens with zero attached hydrogens (tertiary/aromatic N) is 1. The molecule has 1 heterocycles. The standard InChI is InChI=1S/C27H27N3O2S/c1-17-5-9-20(10-6-17)24-25(21-11-7-18(2)8-12-21)30-27(29-24)33-19(3)26(31)28-22-13-15-23(32-4)16-14-22/h5-16,19H,1-4H3,(H,28,31)(H,29,30). The molecule has 5 nitrogen and oxygen atoms in total. The summed E-state index contributed by atoms with van der Waals surface area (Å²) in [6.45, 7) is 6.02. The van der Waals surface area contributed by atoms with Crippen LogP contribution in [0.4, 0.5) is 5.69 Å². The average Bonchev–Trinajstić information content (AvgIpc) is 3.24. The molecule has 2 N–H and O–H groups in total. The quantitative estimate of drug-likeness (QED) is 0.311. The number of amides is 1. The number of imidazole rings is 1. The van der Waals surface area contributed by atoms with Crippen molar-refractivity contribution in [3.8, 4) is 28.3 Å². The molecule has 4 aromatic rings. The first-order valence-electron chi connectivity index (χ1n) is 10.8. The van der Waals surface area contributed by atoms with Gasteiger partial charge in [0, 0.05) is 16.8 Å². The normalized spacial score (nSPS) is 11.8. The molecule has 0 fully saturated rings. The first-order valence-corrected chi connectivity index (χ1v) is 11.7. The molecular weight excluding hydrogens is 430 g/mol. The number of H-pyrrole nitrogens is 1. The molecule has 0 saturated carbocycles. The zero-order chi connectivity index (χ0) is 23.4. The van der Waals surface area contributed by atoms with Crippen LogP contribution in [0, 0.1) is 13.8 Å². The van der Waals surface area contributed by atoms with Crippen LogP contribution in [0.5, 0.6) is 5.75 Å². The minimum Gasteiger partial charge on any atom is -0.497 e. The average molecular weight is 458 g/mol. The van der Waals surface area contributed by atoms with Crippen LogP contribution in [0.1, 0.15) is 18.1 Å². The molecule has 1 unspecified atom stereocenters. The number of anilines is 1. The summed E-state index contributed by atoms with van der Waals surface area (Å²) >= 11 is 1.41. The van der Waals surface area contributed by atoms with E-state index in [-0.39, 0.29) is 11.2 Å². The molecular formula is C27H27N3O2S. The SMILES string of the molecule is COc1ccc(NC(=O)C(C)Sc2nc(-c3ccc(C)cc3)c(-c3ccc(C)cc3)[nH]2)cc1. The molecule has 1 amide bonds. The number of thioether (sulfide) groups is 1. The molecule has 0 aliphatic heterocycles. The lowest BCUT2D eigenvalue weighted by Crippen LogP contribution is -2.22. The number of benzene rings is 3. The summed E-state index contributed by atoms with van der Waals surface area (Å²) in [5.74, 6) is 0.661. The Morgan fingerprint density at radius 3 is 2.06 bits per heavy atom. The lowest BCUT2D eigenvalue weighted by molar-refractivity contribution is -0.115. The molecule has 6 heteroatoms. The third-order valence-electron chi connectivity index (χ3n) is 5.36. The van der Waals surface area contributed by atoms with Crippen LogP contribution in [0.2, 0.25) is 0 Å². The third-order valence-corrected chi connectivity index (χ3v) is 6.35. The van der Waals surface area contributed by atoms with E-state index < -0.39 is 0 Å². The highest BCUT2D eigenvalue weighted by molar-refractivity contribution is 8.00. The van der Waals surface area contributed by atoms with Gasteiger partial charge in [-0.25, -0.2) is 4.98 Å². The number of aromatic amines is 1. The molecule has 1 aromatic heterocycles. The van der Waals surface area contributed by atoms with Crippen LogP contribution in [0.15, 0.2) is 78.0 Å². The van der Waals surface area contributed by atoms with Gasteiger partial charge in [-0.05, 0) is 45.0 Å². The molecule has 0 aliphatic rings. The zero-order valence-corrected chi connectivity index (χ0v) is 20.0. The fraction of sp³-hybridized carbons (Fsp3) is 0.185. The fourth-order valence-electron chi connectivity index (χ4n) is 3.40. The van der Waals surface area contributed by atoms with Crippen LogP contribution < -0.4 is 10.1 Å². The van der Waals surface area contributed by atoms with Crippen LogP contribution in [-0.2, 0) is 4.79 Å². The van der Waals surface area contributed by atoms with Crippen LogP contribution in [0.3, 0.4) is 0 Å². The highest BCUT2D eigenvalue weighted by Gasteiger charge is 2.20. The largest absolute Gasteiger partial charge is 0.497 e. The highest BCUT2D eigenvalue weighted by atomic mass is 32.2. The topological polar surface area (TPSA) is 67.0 Å². The number of carbonyl (C=O) groups excluding carboxylic acids is 1. The zero-order valence-electron chi connectivity index (χ0n) is 19.2. The molecule has 0 radical (unpaired) electrons. The van der Waals surface area contributed by atoms with Gasteiger partial charge < -0.3 is 15.0 Å². The molecule has 4 rings (SSSR count). The Morgan fingerprint density at radius 1 is 0.909 bits per heavy atom. The van der Waals surface area contributed by atoms with E-state index in [2.05, 4.69) is 72.7 Å². The van der Waals surface area contributed by atoms with E-state index in [9.17, 15) is 4.79 Å². The minimum atomic E-state index is -0.338. The second-order valence-corrected chi connectivity index (χ2v) is 9.30. The van der Waals surface area contributed by atoms with Gasteiger partial charge in [0.15, 0.2) is 5.16 Å². The van der Waals surface area contributed by atoms with Crippen molar-refractivity contribution in [2.45, 2.75) is 31.2 Å². The Kier molecular flexibility index (Phi) is 6.84. The summed E-state index contributed by atoms with van der Waals surface area (Å²) in [7, 11) is 1.62. The van der Waals surface area contributed by atoms with Gasteiger partial charge in [0.2, 0.25) is 5.91 Å². The highest BCUT2D eigenvalue weighted by Crippen LogP contribution is 2.34. The van der Waals surface area contributed by atoms with Crippen molar-refractivity contribution in [2.24, 2.45) is 0 Å². The number of hydrogen-bond acceptors (Lipinski definition) is 4. The lowest BCUT2D eigenvalue weighted by Gasteiger charge is -2.11. The van der Waals surface area contributed by atoms with Crippen LogP contribution >= 0.6 is 11.8 Å². The number of aromatic nitrogens is 2.